The molecule has 1 heterocycles. The lowest BCUT2D eigenvalue weighted by Crippen LogP contribution is -2.37. The number of para-hydroxylation sites is 1. The molecule has 1 aromatic carbocycles. The minimum absolute atomic E-state index is 0.0939. The van der Waals surface area contributed by atoms with Crippen LogP contribution in [0.5, 0.6) is 0 Å². The fourth-order valence-corrected chi connectivity index (χ4v) is 1.99. The van der Waals surface area contributed by atoms with E-state index in [2.05, 4.69) is 5.32 Å². The topological polar surface area (TPSA) is 73.6 Å². The van der Waals surface area contributed by atoms with Crippen molar-refractivity contribution >= 4 is 11.6 Å². The molecule has 5 nitrogen and oxygen atoms in total. The third kappa shape index (κ3) is 2.87. The summed E-state index contributed by atoms with van der Waals surface area (Å²) >= 11 is 0. The zero-order valence-electron chi connectivity index (χ0n) is 10.4. The highest BCUT2D eigenvalue weighted by atomic mass is 16.5. The van der Waals surface area contributed by atoms with Gasteiger partial charge in [-0.1, -0.05) is 18.2 Å². The maximum absolute atomic E-state index is 12.1. The van der Waals surface area contributed by atoms with Gasteiger partial charge < -0.3 is 20.5 Å². The second-order valence-corrected chi connectivity index (χ2v) is 4.39. The van der Waals surface area contributed by atoms with E-state index < -0.39 is 0 Å². The SMILES string of the molecule is COCc1ccccc1NC(=O)C1COCC1N. The van der Waals surface area contributed by atoms with Crippen molar-refractivity contribution in [3.63, 3.8) is 0 Å². The summed E-state index contributed by atoms with van der Waals surface area (Å²) in [6, 6.07) is 7.34. The van der Waals surface area contributed by atoms with Crippen molar-refractivity contribution in [3.8, 4) is 0 Å². The summed E-state index contributed by atoms with van der Waals surface area (Å²) in [6.07, 6.45) is 0. The van der Waals surface area contributed by atoms with Gasteiger partial charge in [0, 0.05) is 24.4 Å². The van der Waals surface area contributed by atoms with E-state index in [4.69, 9.17) is 15.2 Å². The molecule has 3 N–H and O–H groups in total. The molecule has 0 spiro atoms. The Balaban J connectivity index is 2.06. The first-order valence-electron chi connectivity index (χ1n) is 5.93. The van der Waals surface area contributed by atoms with Crippen molar-refractivity contribution in [2.24, 2.45) is 11.7 Å². The van der Waals surface area contributed by atoms with Crippen molar-refractivity contribution in [1.82, 2.24) is 0 Å². The summed E-state index contributed by atoms with van der Waals surface area (Å²) in [4.78, 5) is 12.1. The second kappa shape index (κ2) is 5.95. The molecule has 1 aliphatic heterocycles. The van der Waals surface area contributed by atoms with Crippen LogP contribution in [0, 0.1) is 5.92 Å². The first kappa shape index (κ1) is 13.0. The van der Waals surface area contributed by atoms with Gasteiger partial charge in [-0.15, -0.1) is 0 Å². The number of ether oxygens (including phenoxy) is 2. The van der Waals surface area contributed by atoms with Crippen molar-refractivity contribution in [1.29, 1.82) is 0 Å². The van der Waals surface area contributed by atoms with Crippen molar-refractivity contribution < 1.29 is 14.3 Å². The lowest BCUT2D eigenvalue weighted by Gasteiger charge is -2.15. The molecule has 5 heteroatoms. The van der Waals surface area contributed by atoms with Gasteiger partial charge in [-0.2, -0.15) is 0 Å². The van der Waals surface area contributed by atoms with Crippen molar-refractivity contribution in [2.45, 2.75) is 12.6 Å². The molecular formula is C13H18N2O3. The monoisotopic (exact) mass is 250 g/mol. The molecule has 1 amide bonds. The average Bonchev–Trinajstić information content (AvgIpc) is 2.78. The van der Waals surface area contributed by atoms with Crippen LogP contribution in [0.1, 0.15) is 5.56 Å². The summed E-state index contributed by atoms with van der Waals surface area (Å²) in [7, 11) is 1.62. The Morgan fingerprint density at radius 2 is 2.28 bits per heavy atom. The number of nitrogens with two attached hydrogens (primary N) is 1. The Morgan fingerprint density at radius 1 is 1.50 bits per heavy atom. The van der Waals surface area contributed by atoms with Crippen LogP contribution in [0.3, 0.4) is 0 Å². The summed E-state index contributed by atoms with van der Waals surface area (Å²) < 4.78 is 10.3. The molecule has 18 heavy (non-hydrogen) atoms. The molecule has 2 rings (SSSR count). The molecule has 2 atom stereocenters. The lowest BCUT2D eigenvalue weighted by molar-refractivity contribution is -0.120. The number of carbonyl (C=O) groups is 1. The normalized spacial score (nSPS) is 23.0. The molecule has 0 saturated carbocycles. The predicted molar refractivity (Wildman–Crippen MR) is 68.1 cm³/mol. The Labute approximate surface area is 106 Å². The summed E-state index contributed by atoms with van der Waals surface area (Å²) in [5, 5.41) is 2.89. The summed E-state index contributed by atoms with van der Waals surface area (Å²) in [5.41, 5.74) is 7.53. The van der Waals surface area contributed by atoms with E-state index in [1.54, 1.807) is 7.11 Å². The van der Waals surface area contributed by atoms with E-state index >= 15 is 0 Å². The molecule has 1 fully saturated rings. The number of carbonyl (C=O) groups excluding carboxylic acids is 1. The smallest absolute Gasteiger partial charge is 0.231 e. The van der Waals surface area contributed by atoms with Crippen molar-refractivity contribution in [2.75, 3.05) is 25.6 Å². The molecule has 0 aliphatic carbocycles. The van der Waals surface area contributed by atoms with Gasteiger partial charge in [-0.05, 0) is 6.07 Å². The van der Waals surface area contributed by atoms with Crippen LogP contribution in [0.25, 0.3) is 0 Å². The Hall–Kier alpha value is -1.43. The largest absolute Gasteiger partial charge is 0.380 e. The predicted octanol–water partition coefficient (Wildman–Crippen LogP) is 0.745. The zero-order valence-corrected chi connectivity index (χ0v) is 10.4. The quantitative estimate of drug-likeness (QED) is 0.827. The lowest BCUT2D eigenvalue weighted by atomic mass is 10.0. The number of anilines is 1. The van der Waals surface area contributed by atoms with E-state index in [9.17, 15) is 4.79 Å². The Kier molecular flexibility index (Phi) is 4.30. The molecule has 1 saturated heterocycles. The van der Waals surface area contributed by atoms with Gasteiger partial charge in [0.05, 0.1) is 25.7 Å². The molecule has 1 aliphatic rings. The van der Waals surface area contributed by atoms with E-state index in [0.29, 0.717) is 19.8 Å². The van der Waals surface area contributed by atoms with Gasteiger partial charge >= 0.3 is 0 Å². The molecule has 0 aromatic heterocycles. The maximum atomic E-state index is 12.1. The highest BCUT2D eigenvalue weighted by molar-refractivity contribution is 5.94. The molecule has 1 aromatic rings. The highest BCUT2D eigenvalue weighted by Crippen LogP contribution is 2.19. The van der Waals surface area contributed by atoms with Crippen LogP contribution in [-0.2, 0) is 20.9 Å². The van der Waals surface area contributed by atoms with E-state index in [1.165, 1.54) is 0 Å². The van der Waals surface area contributed by atoms with E-state index in [0.717, 1.165) is 11.3 Å². The van der Waals surface area contributed by atoms with Gasteiger partial charge in [-0.3, -0.25) is 4.79 Å². The van der Waals surface area contributed by atoms with Gasteiger partial charge in [-0.25, -0.2) is 0 Å². The number of hydrogen-bond acceptors (Lipinski definition) is 4. The minimum Gasteiger partial charge on any atom is -0.380 e. The number of methoxy groups -OCH3 is 1. The average molecular weight is 250 g/mol. The first-order chi connectivity index (χ1) is 8.72. The Bertz CT molecular complexity index is 422. The first-order valence-corrected chi connectivity index (χ1v) is 5.93. The molecule has 98 valence electrons. The molecule has 2 unspecified atom stereocenters. The van der Waals surface area contributed by atoms with Gasteiger partial charge in [0.25, 0.3) is 0 Å². The highest BCUT2D eigenvalue weighted by Gasteiger charge is 2.31. The number of nitrogens with one attached hydrogen (secondary N) is 1. The van der Waals surface area contributed by atoms with E-state index in [1.807, 2.05) is 24.3 Å². The van der Waals surface area contributed by atoms with Crippen molar-refractivity contribution in [3.05, 3.63) is 29.8 Å². The third-order valence-corrected chi connectivity index (χ3v) is 3.04. The summed E-state index contributed by atoms with van der Waals surface area (Å²) in [5.74, 6) is -0.371. The van der Waals surface area contributed by atoms with Crippen LogP contribution in [0.15, 0.2) is 24.3 Å². The summed E-state index contributed by atoms with van der Waals surface area (Å²) in [6.45, 7) is 1.29. The fraction of sp³-hybridized carbons (Fsp3) is 0.462. The van der Waals surface area contributed by atoms with E-state index in [-0.39, 0.29) is 17.9 Å². The Morgan fingerprint density at radius 3 is 2.94 bits per heavy atom. The molecule has 0 radical (unpaired) electrons. The minimum atomic E-state index is -0.277. The number of amides is 1. The fourth-order valence-electron chi connectivity index (χ4n) is 1.99. The maximum Gasteiger partial charge on any atom is 0.231 e. The molecule has 0 bridgehead atoms. The van der Waals surface area contributed by atoms with Crippen LogP contribution < -0.4 is 11.1 Å². The molecular weight excluding hydrogens is 232 g/mol. The van der Waals surface area contributed by atoms with Crippen LogP contribution in [0.4, 0.5) is 5.69 Å². The van der Waals surface area contributed by atoms with Crippen LogP contribution in [0.2, 0.25) is 0 Å². The third-order valence-electron chi connectivity index (χ3n) is 3.04. The standard InChI is InChI=1S/C13H18N2O3/c1-17-6-9-4-2-3-5-12(9)15-13(16)10-7-18-8-11(10)14/h2-5,10-11H,6-8,14H2,1H3,(H,15,16). The van der Waals surface area contributed by atoms with Crippen LogP contribution in [-0.4, -0.2) is 32.3 Å². The number of rotatable bonds is 4. The second-order valence-electron chi connectivity index (χ2n) is 4.39. The van der Waals surface area contributed by atoms with Crippen LogP contribution >= 0.6 is 0 Å². The van der Waals surface area contributed by atoms with Gasteiger partial charge in [0.2, 0.25) is 5.91 Å². The number of benzene rings is 1. The zero-order chi connectivity index (χ0) is 13.0. The number of hydrogen-bond donors (Lipinski definition) is 2. The van der Waals surface area contributed by atoms with Gasteiger partial charge in [0.1, 0.15) is 0 Å². The van der Waals surface area contributed by atoms with Gasteiger partial charge in [0.15, 0.2) is 0 Å².